The number of terminal acetylenes is 1. The topological polar surface area (TPSA) is 89.9 Å². The van der Waals surface area contributed by atoms with Gasteiger partial charge in [-0.3, -0.25) is 14.8 Å². The summed E-state index contributed by atoms with van der Waals surface area (Å²) >= 11 is 0. The highest BCUT2D eigenvalue weighted by Crippen LogP contribution is 2.21. The Morgan fingerprint density at radius 3 is 2.52 bits per heavy atom. The smallest absolute Gasteiger partial charge is 0.333 e. The first kappa shape index (κ1) is 27.4. The molecule has 0 fully saturated rings. The predicted molar refractivity (Wildman–Crippen MR) is 132 cm³/mol. The van der Waals surface area contributed by atoms with Gasteiger partial charge in [-0.05, 0) is 58.0 Å². The van der Waals surface area contributed by atoms with Crippen LogP contribution in [0.4, 0.5) is 0 Å². The number of methoxy groups -OCH3 is 1. The number of benzene rings is 1. The number of rotatable bonds is 7. The van der Waals surface area contributed by atoms with Crippen molar-refractivity contribution in [3.63, 3.8) is 0 Å². The van der Waals surface area contributed by atoms with E-state index in [1.54, 1.807) is 59.1 Å². The number of aliphatic imine (C=N–C) groups is 1. The molecule has 0 bridgehead atoms. The monoisotopic (exact) mass is 451 g/mol. The number of carbonyl (C=O) groups is 2. The molecule has 1 N–H and O–H groups in total. The molecule has 1 heterocycles. The van der Waals surface area contributed by atoms with Gasteiger partial charge in [0.1, 0.15) is 5.75 Å². The van der Waals surface area contributed by atoms with Gasteiger partial charge >= 0.3 is 5.97 Å². The summed E-state index contributed by atoms with van der Waals surface area (Å²) in [6, 6.07) is 7.19. The van der Waals surface area contributed by atoms with E-state index in [-0.39, 0.29) is 5.91 Å². The third-order valence-electron chi connectivity index (χ3n) is 4.68. The zero-order chi connectivity index (χ0) is 25.2. The molecule has 33 heavy (non-hydrogen) atoms. The largest absolute Gasteiger partial charge is 0.481 e. The summed E-state index contributed by atoms with van der Waals surface area (Å²) in [6.07, 6.45) is 7.88. The lowest BCUT2D eigenvalue weighted by Crippen LogP contribution is -2.53. The standard InChI is InChI=1S/C24H27N3O4.C2H6/c1-8-17-12-18-13-19(9-10-20(18)26-14-17)31-16(3)22(28)27-24(4,5)21(25-6)11-15(2)23(29)30-7;1-2/h1,9-14,16H,2-7H3,(H,27,28);1-2H3/b15-11+,25-21?;. The van der Waals surface area contributed by atoms with Crippen LogP contribution in [-0.4, -0.2) is 48.4 Å². The van der Waals surface area contributed by atoms with E-state index in [1.165, 1.54) is 7.11 Å². The summed E-state index contributed by atoms with van der Waals surface area (Å²) in [6.45, 7) is 10.9. The van der Waals surface area contributed by atoms with Crippen LogP contribution in [0.25, 0.3) is 10.9 Å². The lowest BCUT2D eigenvalue weighted by Gasteiger charge is -2.28. The average molecular weight is 452 g/mol. The van der Waals surface area contributed by atoms with Gasteiger partial charge in [0.25, 0.3) is 5.91 Å². The van der Waals surface area contributed by atoms with Gasteiger partial charge in [-0.2, -0.15) is 0 Å². The molecule has 1 aromatic carbocycles. The van der Waals surface area contributed by atoms with Crippen molar-refractivity contribution in [3.8, 4) is 18.1 Å². The Labute approximate surface area is 196 Å². The molecule has 1 aromatic heterocycles. The second kappa shape index (κ2) is 12.4. The van der Waals surface area contributed by atoms with Crippen molar-refractivity contribution in [2.24, 2.45) is 4.99 Å². The summed E-state index contributed by atoms with van der Waals surface area (Å²) in [5.74, 6) is 2.29. The minimum absolute atomic E-state index is 0.328. The van der Waals surface area contributed by atoms with Crippen LogP contribution in [0.15, 0.2) is 47.1 Å². The first-order valence-corrected chi connectivity index (χ1v) is 10.7. The van der Waals surface area contributed by atoms with Crippen LogP contribution in [0.5, 0.6) is 5.75 Å². The maximum Gasteiger partial charge on any atom is 0.333 e. The van der Waals surface area contributed by atoms with Crippen molar-refractivity contribution < 1.29 is 19.1 Å². The Morgan fingerprint density at radius 1 is 1.27 bits per heavy atom. The Morgan fingerprint density at radius 2 is 1.94 bits per heavy atom. The minimum Gasteiger partial charge on any atom is -0.481 e. The number of hydrogen-bond acceptors (Lipinski definition) is 6. The van der Waals surface area contributed by atoms with E-state index in [1.807, 2.05) is 26.0 Å². The fourth-order valence-corrected chi connectivity index (χ4v) is 2.94. The van der Waals surface area contributed by atoms with Crippen LogP contribution in [0.1, 0.15) is 47.1 Å². The highest BCUT2D eigenvalue weighted by molar-refractivity contribution is 6.08. The van der Waals surface area contributed by atoms with Gasteiger partial charge in [-0.1, -0.05) is 19.8 Å². The molecule has 1 amide bonds. The molecule has 2 rings (SSSR count). The molecule has 176 valence electrons. The molecule has 0 aliphatic rings. The normalized spacial score (nSPS) is 12.7. The van der Waals surface area contributed by atoms with E-state index in [0.29, 0.717) is 22.6 Å². The Bertz CT molecular complexity index is 1090. The number of carbonyl (C=O) groups excluding carboxylic acids is 2. The molecule has 0 saturated heterocycles. The molecule has 0 radical (unpaired) electrons. The van der Waals surface area contributed by atoms with Gasteiger partial charge in [0.05, 0.1) is 23.9 Å². The molecule has 0 spiro atoms. The van der Waals surface area contributed by atoms with E-state index in [4.69, 9.17) is 15.9 Å². The molecule has 1 unspecified atom stereocenters. The van der Waals surface area contributed by atoms with Crippen LogP contribution >= 0.6 is 0 Å². The van der Waals surface area contributed by atoms with Crippen LogP contribution in [0, 0.1) is 12.3 Å². The molecule has 7 nitrogen and oxygen atoms in total. The number of fused-ring (bicyclic) bond motifs is 1. The Balaban J connectivity index is 0.00000265. The number of amides is 1. The van der Waals surface area contributed by atoms with E-state index in [0.717, 1.165) is 10.9 Å². The lowest BCUT2D eigenvalue weighted by molar-refractivity contribution is -0.136. The van der Waals surface area contributed by atoms with Crippen LogP contribution in [-0.2, 0) is 14.3 Å². The maximum absolute atomic E-state index is 12.8. The van der Waals surface area contributed by atoms with E-state index in [9.17, 15) is 9.59 Å². The first-order chi connectivity index (χ1) is 15.6. The van der Waals surface area contributed by atoms with Crippen molar-refractivity contribution in [2.45, 2.75) is 53.2 Å². The highest BCUT2D eigenvalue weighted by atomic mass is 16.5. The molecule has 0 aliphatic heterocycles. The highest BCUT2D eigenvalue weighted by Gasteiger charge is 2.29. The van der Waals surface area contributed by atoms with Gasteiger partial charge in [0, 0.05) is 29.8 Å². The Hall–Kier alpha value is -3.66. The van der Waals surface area contributed by atoms with Crippen LogP contribution in [0.2, 0.25) is 0 Å². The van der Waals surface area contributed by atoms with Gasteiger partial charge in [0.15, 0.2) is 6.10 Å². The number of nitrogens with one attached hydrogen (secondary N) is 1. The van der Waals surface area contributed by atoms with E-state index < -0.39 is 17.6 Å². The quantitative estimate of drug-likeness (QED) is 0.296. The zero-order valence-corrected chi connectivity index (χ0v) is 20.6. The molecule has 0 aliphatic carbocycles. The number of pyridine rings is 1. The molecular weight excluding hydrogens is 418 g/mol. The lowest BCUT2D eigenvalue weighted by atomic mass is 9.95. The molecule has 1 atom stereocenters. The van der Waals surface area contributed by atoms with Crippen molar-refractivity contribution in [1.82, 2.24) is 10.3 Å². The third kappa shape index (κ3) is 7.46. The summed E-state index contributed by atoms with van der Waals surface area (Å²) in [4.78, 5) is 33.0. The summed E-state index contributed by atoms with van der Waals surface area (Å²) in [5.41, 5.74) is 1.51. The molecule has 7 heteroatoms. The summed E-state index contributed by atoms with van der Waals surface area (Å²) in [7, 11) is 2.91. The minimum atomic E-state index is -0.840. The van der Waals surface area contributed by atoms with E-state index >= 15 is 0 Å². The number of esters is 1. The van der Waals surface area contributed by atoms with Gasteiger partial charge < -0.3 is 14.8 Å². The zero-order valence-electron chi connectivity index (χ0n) is 20.6. The van der Waals surface area contributed by atoms with Gasteiger partial charge in [-0.25, -0.2) is 4.79 Å². The number of aromatic nitrogens is 1. The molecule has 0 saturated carbocycles. The van der Waals surface area contributed by atoms with Gasteiger partial charge in [-0.15, -0.1) is 6.42 Å². The van der Waals surface area contributed by atoms with Crippen molar-refractivity contribution in [3.05, 3.63) is 47.7 Å². The van der Waals surface area contributed by atoms with Gasteiger partial charge in [0.2, 0.25) is 0 Å². The molecular formula is C26H33N3O4. The Kier molecular flexibility index (Phi) is 10.3. The predicted octanol–water partition coefficient (Wildman–Crippen LogP) is 4.09. The van der Waals surface area contributed by atoms with Crippen molar-refractivity contribution >= 4 is 28.5 Å². The van der Waals surface area contributed by atoms with Crippen LogP contribution in [0.3, 0.4) is 0 Å². The summed E-state index contributed by atoms with van der Waals surface area (Å²) < 4.78 is 10.5. The van der Waals surface area contributed by atoms with Crippen LogP contribution < -0.4 is 10.1 Å². The number of nitrogens with zero attached hydrogens (tertiary/aromatic N) is 2. The van der Waals surface area contributed by atoms with E-state index in [2.05, 4.69) is 21.2 Å². The maximum atomic E-state index is 12.8. The third-order valence-corrected chi connectivity index (χ3v) is 4.68. The number of hydrogen-bond donors (Lipinski definition) is 1. The number of ether oxygens (including phenoxy) is 2. The second-order valence-corrected chi connectivity index (χ2v) is 7.52. The average Bonchev–Trinajstić information content (AvgIpc) is 2.81. The second-order valence-electron chi connectivity index (χ2n) is 7.52. The molecule has 2 aromatic rings. The first-order valence-electron chi connectivity index (χ1n) is 10.7. The fourth-order valence-electron chi connectivity index (χ4n) is 2.94. The van der Waals surface area contributed by atoms with Crippen molar-refractivity contribution in [1.29, 1.82) is 0 Å². The fraction of sp³-hybridized carbons (Fsp3) is 0.385. The SMILES string of the molecule is C#Cc1cnc2ccc(OC(C)C(=O)NC(C)(C)C(/C=C(\C)C(=O)OC)=NC)cc2c1.CC. The summed E-state index contributed by atoms with van der Waals surface area (Å²) in [5, 5.41) is 3.74. The van der Waals surface area contributed by atoms with Crippen molar-refractivity contribution in [2.75, 3.05) is 14.2 Å².